The first-order valence-electron chi connectivity index (χ1n) is 6.67. The third kappa shape index (κ3) is 2.46. The summed E-state index contributed by atoms with van der Waals surface area (Å²) in [5.74, 6) is 0.544. The van der Waals surface area contributed by atoms with Crippen LogP contribution in [0.15, 0.2) is 35.3 Å². The number of fused-ring (bicyclic) bond motifs is 1. The van der Waals surface area contributed by atoms with E-state index in [9.17, 15) is 9.90 Å². The lowest BCUT2D eigenvalue weighted by molar-refractivity contribution is 0.116. The molecule has 0 aromatic carbocycles. The summed E-state index contributed by atoms with van der Waals surface area (Å²) >= 11 is 0. The normalized spacial score (nSPS) is 23.4. The van der Waals surface area contributed by atoms with E-state index in [4.69, 9.17) is 0 Å². The summed E-state index contributed by atoms with van der Waals surface area (Å²) in [6.45, 7) is 0. The number of nitrogens with one attached hydrogen (secondary N) is 1. The number of hydrogen-bond acceptors (Lipinski definition) is 4. The van der Waals surface area contributed by atoms with Gasteiger partial charge in [-0.3, -0.25) is 9.20 Å². The maximum absolute atomic E-state index is 11.9. The van der Waals surface area contributed by atoms with Crippen LogP contribution in [0.1, 0.15) is 25.7 Å². The zero-order chi connectivity index (χ0) is 13.2. The lowest BCUT2D eigenvalue weighted by Crippen LogP contribution is -2.37. The molecule has 0 unspecified atom stereocenters. The lowest BCUT2D eigenvalue weighted by Gasteiger charge is -2.28. The molecule has 0 aliphatic heterocycles. The summed E-state index contributed by atoms with van der Waals surface area (Å²) in [5, 5.41) is 13.1. The van der Waals surface area contributed by atoms with E-state index in [1.807, 2.05) is 6.07 Å². The number of pyridine rings is 1. The van der Waals surface area contributed by atoms with Gasteiger partial charge in [-0.2, -0.15) is 0 Å². The van der Waals surface area contributed by atoms with Crippen LogP contribution in [0.3, 0.4) is 0 Å². The monoisotopic (exact) mass is 259 g/mol. The van der Waals surface area contributed by atoms with E-state index in [2.05, 4.69) is 10.3 Å². The largest absolute Gasteiger partial charge is 0.391 e. The lowest BCUT2D eigenvalue weighted by atomic mass is 9.93. The van der Waals surface area contributed by atoms with Crippen molar-refractivity contribution in [3.63, 3.8) is 0 Å². The van der Waals surface area contributed by atoms with Crippen molar-refractivity contribution in [1.29, 1.82) is 0 Å². The van der Waals surface area contributed by atoms with Crippen molar-refractivity contribution in [2.75, 3.05) is 5.32 Å². The third-order valence-corrected chi connectivity index (χ3v) is 3.63. The highest BCUT2D eigenvalue weighted by molar-refractivity contribution is 5.46. The van der Waals surface area contributed by atoms with E-state index in [0.717, 1.165) is 25.7 Å². The second-order valence-electron chi connectivity index (χ2n) is 5.01. The number of nitrogens with zero attached hydrogens (tertiary/aromatic N) is 2. The Labute approximate surface area is 110 Å². The van der Waals surface area contributed by atoms with E-state index in [1.165, 1.54) is 10.5 Å². The minimum atomic E-state index is -0.357. The van der Waals surface area contributed by atoms with Gasteiger partial charge in [0.05, 0.1) is 12.1 Å². The predicted octanol–water partition coefficient (Wildman–Crippen LogP) is 1.41. The van der Waals surface area contributed by atoms with Gasteiger partial charge < -0.3 is 10.4 Å². The molecule has 1 aliphatic carbocycles. The fourth-order valence-electron chi connectivity index (χ4n) is 2.60. The molecule has 3 rings (SSSR count). The number of aromatic nitrogens is 2. The van der Waals surface area contributed by atoms with Gasteiger partial charge in [0.15, 0.2) is 0 Å². The van der Waals surface area contributed by atoms with Gasteiger partial charge in [-0.15, -0.1) is 0 Å². The Kier molecular flexibility index (Phi) is 3.21. The van der Waals surface area contributed by atoms with Crippen LogP contribution in [0.4, 0.5) is 5.82 Å². The second kappa shape index (κ2) is 5.01. The fraction of sp³-hybridized carbons (Fsp3) is 0.429. The van der Waals surface area contributed by atoms with Crippen molar-refractivity contribution in [2.45, 2.75) is 37.8 Å². The van der Waals surface area contributed by atoms with Crippen molar-refractivity contribution in [2.24, 2.45) is 0 Å². The average Bonchev–Trinajstić information content (AvgIpc) is 2.42. The Balaban J connectivity index is 1.91. The molecule has 1 fully saturated rings. The molecule has 100 valence electrons. The van der Waals surface area contributed by atoms with E-state index in [1.54, 1.807) is 18.3 Å². The molecule has 0 radical (unpaired) electrons. The first-order valence-corrected chi connectivity index (χ1v) is 6.67. The molecule has 2 atom stereocenters. The molecule has 2 aromatic heterocycles. The molecule has 5 nitrogen and oxygen atoms in total. The first kappa shape index (κ1) is 12.2. The Morgan fingerprint density at radius 2 is 2.16 bits per heavy atom. The van der Waals surface area contributed by atoms with E-state index in [-0.39, 0.29) is 17.7 Å². The van der Waals surface area contributed by atoms with Gasteiger partial charge in [-0.05, 0) is 25.0 Å². The molecule has 0 spiro atoms. The Morgan fingerprint density at radius 3 is 3.00 bits per heavy atom. The molecule has 1 saturated carbocycles. The smallest absolute Gasteiger partial charge is 0.259 e. The highest BCUT2D eigenvalue weighted by Gasteiger charge is 2.23. The van der Waals surface area contributed by atoms with Crippen molar-refractivity contribution < 1.29 is 5.11 Å². The molecule has 2 aromatic rings. The molecule has 0 amide bonds. The molecule has 19 heavy (non-hydrogen) atoms. The first-order chi connectivity index (χ1) is 9.24. The van der Waals surface area contributed by atoms with Gasteiger partial charge >= 0.3 is 0 Å². The molecule has 2 N–H and O–H groups in total. The summed E-state index contributed by atoms with van der Waals surface area (Å²) < 4.78 is 1.50. The minimum absolute atomic E-state index is 0.00758. The van der Waals surface area contributed by atoms with E-state index in [0.29, 0.717) is 11.5 Å². The van der Waals surface area contributed by atoms with Crippen molar-refractivity contribution in [1.82, 2.24) is 9.38 Å². The van der Waals surface area contributed by atoms with Crippen molar-refractivity contribution in [3.8, 4) is 0 Å². The van der Waals surface area contributed by atoms with Gasteiger partial charge in [0.2, 0.25) is 0 Å². The predicted molar refractivity (Wildman–Crippen MR) is 73.3 cm³/mol. The van der Waals surface area contributed by atoms with Crippen LogP contribution < -0.4 is 10.9 Å². The second-order valence-corrected chi connectivity index (χ2v) is 5.01. The molecule has 2 heterocycles. The average molecular weight is 259 g/mol. The molecular weight excluding hydrogens is 242 g/mol. The van der Waals surface area contributed by atoms with Gasteiger partial charge in [-0.1, -0.05) is 18.9 Å². The number of anilines is 1. The van der Waals surface area contributed by atoms with E-state index >= 15 is 0 Å². The number of aliphatic hydroxyl groups excluding tert-OH is 1. The van der Waals surface area contributed by atoms with Crippen LogP contribution in [-0.2, 0) is 0 Å². The minimum Gasteiger partial charge on any atom is -0.391 e. The van der Waals surface area contributed by atoms with Crippen LogP contribution in [0.2, 0.25) is 0 Å². The SMILES string of the molecule is O=c1cc(N[C@H]2CCCC[C@@H]2O)nc2ccccn12. The highest BCUT2D eigenvalue weighted by Crippen LogP contribution is 2.21. The summed E-state index contributed by atoms with van der Waals surface area (Å²) in [5.41, 5.74) is 0.501. The molecular formula is C14H17N3O2. The summed E-state index contributed by atoms with van der Waals surface area (Å²) in [4.78, 5) is 16.3. The van der Waals surface area contributed by atoms with Gasteiger partial charge in [0, 0.05) is 12.3 Å². The summed E-state index contributed by atoms with van der Waals surface area (Å²) in [7, 11) is 0. The van der Waals surface area contributed by atoms with Crippen molar-refractivity contribution >= 4 is 11.5 Å². The van der Waals surface area contributed by atoms with E-state index < -0.39 is 0 Å². The quantitative estimate of drug-likeness (QED) is 0.855. The zero-order valence-corrected chi connectivity index (χ0v) is 10.6. The topological polar surface area (TPSA) is 66.6 Å². The molecule has 1 aliphatic rings. The number of aliphatic hydroxyl groups is 1. The Bertz CT molecular complexity index is 638. The van der Waals surface area contributed by atoms with Gasteiger partial charge in [-0.25, -0.2) is 4.98 Å². The van der Waals surface area contributed by atoms with Crippen LogP contribution in [0, 0.1) is 0 Å². The number of rotatable bonds is 2. The maximum atomic E-state index is 11.9. The Hall–Kier alpha value is -1.88. The van der Waals surface area contributed by atoms with Crippen LogP contribution in [0.25, 0.3) is 5.65 Å². The molecule has 0 saturated heterocycles. The fourth-order valence-corrected chi connectivity index (χ4v) is 2.60. The van der Waals surface area contributed by atoms with Crippen LogP contribution in [-0.4, -0.2) is 26.6 Å². The zero-order valence-electron chi connectivity index (χ0n) is 10.6. The van der Waals surface area contributed by atoms with Crippen molar-refractivity contribution in [3.05, 3.63) is 40.8 Å². The standard InChI is InChI=1S/C14H17N3O2/c18-11-6-2-1-5-10(11)15-12-9-14(19)17-8-4-3-7-13(17)16-12/h3-4,7-11,15,18H,1-2,5-6H2/t10-,11-/m0/s1. The summed E-state index contributed by atoms with van der Waals surface area (Å²) in [6, 6.07) is 6.92. The number of hydrogen-bond donors (Lipinski definition) is 2. The third-order valence-electron chi connectivity index (χ3n) is 3.63. The maximum Gasteiger partial charge on any atom is 0.259 e. The van der Waals surface area contributed by atoms with Crippen LogP contribution in [0.5, 0.6) is 0 Å². The Morgan fingerprint density at radius 1 is 1.32 bits per heavy atom. The summed E-state index contributed by atoms with van der Waals surface area (Å²) in [6.07, 6.45) is 5.23. The van der Waals surface area contributed by atoms with Gasteiger partial charge in [0.1, 0.15) is 11.5 Å². The van der Waals surface area contributed by atoms with Crippen LogP contribution >= 0.6 is 0 Å². The van der Waals surface area contributed by atoms with Gasteiger partial charge in [0.25, 0.3) is 5.56 Å². The molecule has 0 bridgehead atoms. The molecule has 5 heteroatoms. The highest BCUT2D eigenvalue weighted by atomic mass is 16.3.